The highest BCUT2D eigenvalue weighted by atomic mass is 15.2. The smallest absolute Gasteiger partial charge is 0.128 e. The maximum Gasteiger partial charge on any atom is 0.128 e. The minimum Gasteiger partial charge on any atom is -0.356 e. The number of nitrogens with one attached hydrogen (secondary N) is 1. The Hall–Kier alpha value is -1.09. The van der Waals surface area contributed by atoms with Crippen molar-refractivity contribution < 1.29 is 0 Å². The average molecular weight is 261 g/mol. The third-order valence-corrected chi connectivity index (χ3v) is 4.16. The Kier molecular flexibility index (Phi) is 5.20. The molecule has 3 heteroatoms. The van der Waals surface area contributed by atoms with Gasteiger partial charge in [-0.3, -0.25) is 0 Å². The summed E-state index contributed by atoms with van der Waals surface area (Å²) in [5, 5.41) is 3.54. The van der Waals surface area contributed by atoms with Gasteiger partial charge in [0.1, 0.15) is 5.82 Å². The first-order chi connectivity index (χ1) is 9.24. The largest absolute Gasteiger partial charge is 0.356 e. The first-order valence-corrected chi connectivity index (χ1v) is 7.68. The first-order valence-electron chi connectivity index (χ1n) is 7.68. The average Bonchev–Trinajstić information content (AvgIpc) is 2.94. The van der Waals surface area contributed by atoms with Gasteiger partial charge in [-0.05, 0) is 49.9 Å². The second-order valence-electron chi connectivity index (χ2n) is 5.63. The van der Waals surface area contributed by atoms with E-state index in [1.165, 1.54) is 31.4 Å². The van der Waals surface area contributed by atoms with E-state index in [0.717, 1.165) is 24.8 Å². The van der Waals surface area contributed by atoms with E-state index in [0.29, 0.717) is 6.04 Å². The Balaban J connectivity index is 2.03. The lowest BCUT2D eigenvalue weighted by molar-refractivity contribution is 0.567. The van der Waals surface area contributed by atoms with Gasteiger partial charge in [0.2, 0.25) is 0 Å². The quantitative estimate of drug-likeness (QED) is 0.851. The van der Waals surface area contributed by atoms with E-state index in [4.69, 9.17) is 0 Å². The standard InChI is InChI=1S/C16H27N3/c1-4-8-17-13(3)15-6-9-18-16(11-15)19-10-7-14(5-2)12-19/h6,9,11,13-14,17H,4-5,7-8,10,12H2,1-3H3. The van der Waals surface area contributed by atoms with E-state index in [9.17, 15) is 0 Å². The lowest BCUT2D eigenvalue weighted by Crippen LogP contribution is -2.22. The third kappa shape index (κ3) is 3.69. The highest BCUT2D eigenvalue weighted by molar-refractivity contribution is 5.42. The second kappa shape index (κ2) is 6.90. The predicted octanol–water partition coefficient (Wildman–Crippen LogP) is 3.38. The maximum atomic E-state index is 4.55. The van der Waals surface area contributed by atoms with Crippen LogP contribution in [-0.4, -0.2) is 24.6 Å². The number of nitrogens with zero attached hydrogens (tertiary/aromatic N) is 2. The van der Waals surface area contributed by atoms with Gasteiger partial charge in [0, 0.05) is 25.3 Å². The molecule has 2 heterocycles. The fraction of sp³-hybridized carbons (Fsp3) is 0.688. The van der Waals surface area contributed by atoms with Gasteiger partial charge in [-0.2, -0.15) is 0 Å². The topological polar surface area (TPSA) is 28.2 Å². The fourth-order valence-corrected chi connectivity index (χ4v) is 2.73. The molecule has 0 radical (unpaired) electrons. The van der Waals surface area contributed by atoms with Crippen LogP contribution in [0, 0.1) is 5.92 Å². The van der Waals surface area contributed by atoms with Crippen LogP contribution in [0.5, 0.6) is 0 Å². The zero-order valence-corrected chi connectivity index (χ0v) is 12.5. The molecule has 1 saturated heterocycles. The van der Waals surface area contributed by atoms with Crippen LogP contribution in [0.3, 0.4) is 0 Å². The molecule has 2 atom stereocenters. The van der Waals surface area contributed by atoms with Gasteiger partial charge in [0.05, 0.1) is 0 Å². The van der Waals surface area contributed by atoms with Crippen molar-refractivity contribution >= 4 is 5.82 Å². The number of rotatable bonds is 6. The van der Waals surface area contributed by atoms with Crippen LogP contribution >= 0.6 is 0 Å². The van der Waals surface area contributed by atoms with Crippen LogP contribution in [0.1, 0.15) is 51.6 Å². The summed E-state index contributed by atoms with van der Waals surface area (Å²) in [4.78, 5) is 6.99. The highest BCUT2D eigenvalue weighted by Gasteiger charge is 2.22. The Morgan fingerprint density at radius 1 is 1.47 bits per heavy atom. The summed E-state index contributed by atoms with van der Waals surface area (Å²) in [5.41, 5.74) is 1.35. The molecule has 0 spiro atoms. The summed E-state index contributed by atoms with van der Waals surface area (Å²) in [6.07, 6.45) is 5.72. The molecular weight excluding hydrogens is 234 g/mol. The van der Waals surface area contributed by atoms with Gasteiger partial charge >= 0.3 is 0 Å². The summed E-state index contributed by atoms with van der Waals surface area (Å²) < 4.78 is 0. The van der Waals surface area contributed by atoms with Crippen LogP contribution in [0.2, 0.25) is 0 Å². The van der Waals surface area contributed by atoms with Crippen molar-refractivity contribution in [1.82, 2.24) is 10.3 Å². The molecule has 1 aliphatic heterocycles. The molecule has 0 bridgehead atoms. The third-order valence-electron chi connectivity index (χ3n) is 4.16. The molecule has 0 amide bonds. The van der Waals surface area contributed by atoms with Gasteiger partial charge in [-0.1, -0.05) is 20.3 Å². The zero-order chi connectivity index (χ0) is 13.7. The minimum atomic E-state index is 0.409. The van der Waals surface area contributed by atoms with Crippen LogP contribution in [0.4, 0.5) is 5.82 Å². The monoisotopic (exact) mass is 261 g/mol. The van der Waals surface area contributed by atoms with Gasteiger partial charge in [0.15, 0.2) is 0 Å². The Labute approximate surface area is 117 Å². The van der Waals surface area contributed by atoms with Crippen molar-refractivity contribution in [3.63, 3.8) is 0 Å². The summed E-state index contributed by atoms with van der Waals surface area (Å²) in [5.74, 6) is 2.00. The van der Waals surface area contributed by atoms with Crippen molar-refractivity contribution in [3.05, 3.63) is 23.9 Å². The Morgan fingerprint density at radius 3 is 3.00 bits per heavy atom. The molecule has 1 aromatic heterocycles. The number of pyridine rings is 1. The van der Waals surface area contributed by atoms with E-state index in [-0.39, 0.29) is 0 Å². The SMILES string of the molecule is CCCNC(C)c1ccnc(N2CCC(CC)C2)c1. The molecule has 106 valence electrons. The van der Waals surface area contributed by atoms with Crippen molar-refractivity contribution in [1.29, 1.82) is 0 Å². The van der Waals surface area contributed by atoms with Crippen molar-refractivity contribution in [2.45, 2.75) is 46.1 Å². The lowest BCUT2D eigenvalue weighted by atomic mass is 10.1. The van der Waals surface area contributed by atoms with Gasteiger partial charge in [0.25, 0.3) is 0 Å². The molecule has 0 saturated carbocycles. The molecule has 1 N–H and O–H groups in total. The van der Waals surface area contributed by atoms with Gasteiger partial charge in [-0.15, -0.1) is 0 Å². The molecule has 2 unspecified atom stereocenters. The molecule has 1 fully saturated rings. The van der Waals surface area contributed by atoms with E-state index in [2.05, 4.69) is 48.1 Å². The van der Waals surface area contributed by atoms with Gasteiger partial charge in [-0.25, -0.2) is 4.98 Å². The Bertz CT molecular complexity index is 391. The second-order valence-corrected chi connectivity index (χ2v) is 5.63. The molecule has 2 rings (SSSR count). The van der Waals surface area contributed by atoms with Crippen LogP contribution in [-0.2, 0) is 0 Å². The molecule has 0 aliphatic carbocycles. The first kappa shape index (κ1) is 14.3. The van der Waals surface area contributed by atoms with E-state index in [1.807, 2.05) is 6.20 Å². The van der Waals surface area contributed by atoms with Crippen LogP contribution < -0.4 is 10.2 Å². The van der Waals surface area contributed by atoms with Crippen molar-refractivity contribution in [2.75, 3.05) is 24.5 Å². The minimum absolute atomic E-state index is 0.409. The molecule has 1 aromatic rings. The molecule has 19 heavy (non-hydrogen) atoms. The summed E-state index contributed by atoms with van der Waals surface area (Å²) in [6.45, 7) is 10.1. The van der Waals surface area contributed by atoms with Crippen LogP contribution in [0.15, 0.2) is 18.3 Å². The van der Waals surface area contributed by atoms with E-state index < -0.39 is 0 Å². The van der Waals surface area contributed by atoms with Crippen molar-refractivity contribution in [2.24, 2.45) is 5.92 Å². The molecule has 3 nitrogen and oxygen atoms in total. The van der Waals surface area contributed by atoms with Crippen LogP contribution in [0.25, 0.3) is 0 Å². The number of hydrogen-bond donors (Lipinski definition) is 1. The lowest BCUT2D eigenvalue weighted by Gasteiger charge is -2.20. The summed E-state index contributed by atoms with van der Waals surface area (Å²) >= 11 is 0. The Morgan fingerprint density at radius 2 is 2.32 bits per heavy atom. The molecular formula is C16H27N3. The van der Waals surface area contributed by atoms with E-state index in [1.54, 1.807) is 0 Å². The molecule has 0 aromatic carbocycles. The van der Waals surface area contributed by atoms with E-state index >= 15 is 0 Å². The fourth-order valence-electron chi connectivity index (χ4n) is 2.73. The number of hydrogen-bond acceptors (Lipinski definition) is 3. The zero-order valence-electron chi connectivity index (χ0n) is 12.5. The number of aromatic nitrogens is 1. The normalized spacial score (nSPS) is 20.8. The predicted molar refractivity (Wildman–Crippen MR) is 81.6 cm³/mol. The highest BCUT2D eigenvalue weighted by Crippen LogP contribution is 2.25. The molecule has 1 aliphatic rings. The summed E-state index contributed by atoms with van der Waals surface area (Å²) in [7, 11) is 0. The van der Waals surface area contributed by atoms with Crippen molar-refractivity contribution in [3.8, 4) is 0 Å². The maximum absolute atomic E-state index is 4.55. The summed E-state index contributed by atoms with van der Waals surface area (Å²) in [6, 6.07) is 4.79. The number of anilines is 1. The van der Waals surface area contributed by atoms with Gasteiger partial charge < -0.3 is 10.2 Å².